The predicted octanol–water partition coefficient (Wildman–Crippen LogP) is 4.63. The van der Waals surface area contributed by atoms with Gasteiger partial charge in [0, 0.05) is 8.95 Å². The lowest BCUT2D eigenvalue weighted by Crippen LogP contribution is -2.14. The zero-order valence-corrected chi connectivity index (χ0v) is 14.9. The standard InChI is InChI=1S/C14H13Br2NO2S/c1-9-6-7-13(11(15)8-9)20(18,19)17-12-5-3-4-10(2)14(12)16/h3-8,17H,1-2H3. The van der Waals surface area contributed by atoms with E-state index in [0.717, 1.165) is 15.6 Å². The summed E-state index contributed by atoms with van der Waals surface area (Å²) in [6.45, 7) is 3.81. The van der Waals surface area contributed by atoms with Crippen molar-refractivity contribution in [1.29, 1.82) is 0 Å². The molecular weight excluding hydrogens is 406 g/mol. The molecule has 0 radical (unpaired) electrons. The van der Waals surface area contributed by atoms with Crippen molar-refractivity contribution >= 4 is 47.6 Å². The van der Waals surface area contributed by atoms with Crippen LogP contribution in [0.5, 0.6) is 0 Å². The summed E-state index contributed by atoms with van der Waals surface area (Å²) >= 11 is 6.70. The normalized spacial score (nSPS) is 11.4. The zero-order chi connectivity index (χ0) is 14.9. The van der Waals surface area contributed by atoms with Crippen LogP contribution in [0.15, 0.2) is 50.2 Å². The van der Waals surface area contributed by atoms with Crippen LogP contribution in [0.3, 0.4) is 0 Å². The van der Waals surface area contributed by atoms with Crippen LogP contribution < -0.4 is 4.72 Å². The molecule has 6 heteroatoms. The molecule has 0 aliphatic rings. The third kappa shape index (κ3) is 3.24. The molecule has 20 heavy (non-hydrogen) atoms. The van der Waals surface area contributed by atoms with Crippen molar-refractivity contribution in [2.24, 2.45) is 0 Å². The third-order valence-electron chi connectivity index (χ3n) is 2.81. The van der Waals surface area contributed by atoms with E-state index in [9.17, 15) is 8.42 Å². The van der Waals surface area contributed by atoms with E-state index in [4.69, 9.17) is 0 Å². The second kappa shape index (κ2) is 5.87. The minimum absolute atomic E-state index is 0.219. The van der Waals surface area contributed by atoms with Gasteiger partial charge in [0.25, 0.3) is 10.0 Å². The Balaban J connectivity index is 2.44. The average Bonchev–Trinajstić information content (AvgIpc) is 2.34. The summed E-state index contributed by atoms with van der Waals surface area (Å²) in [5.41, 5.74) is 2.48. The molecule has 0 atom stereocenters. The first-order chi connectivity index (χ1) is 9.31. The molecular formula is C14H13Br2NO2S. The average molecular weight is 419 g/mol. The fourth-order valence-electron chi connectivity index (χ4n) is 1.75. The van der Waals surface area contributed by atoms with Gasteiger partial charge in [0.15, 0.2) is 0 Å². The number of halogens is 2. The molecule has 0 fully saturated rings. The van der Waals surface area contributed by atoms with Gasteiger partial charge in [-0.05, 0) is 75.0 Å². The van der Waals surface area contributed by atoms with Gasteiger partial charge in [-0.3, -0.25) is 4.72 Å². The van der Waals surface area contributed by atoms with Crippen molar-refractivity contribution in [1.82, 2.24) is 0 Å². The van der Waals surface area contributed by atoms with Gasteiger partial charge in [-0.2, -0.15) is 0 Å². The van der Waals surface area contributed by atoms with E-state index in [2.05, 4.69) is 36.6 Å². The summed E-state index contributed by atoms with van der Waals surface area (Å²) in [4.78, 5) is 0.219. The lowest BCUT2D eigenvalue weighted by molar-refractivity contribution is 0.600. The zero-order valence-electron chi connectivity index (χ0n) is 10.9. The van der Waals surface area contributed by atoms with Gasteiger partial charge >= 0.3 is 0 Å². The summed E-state index contributed by atoms with van der Waals surface area (Å²) in [7, 11) is -3.63. The molecule has 2 aromatic rings. The molecule has 0 aliphatic carbocycles. The topological polar surface area (TPSA) is 46.2 Å². The van der Waals surface area contributed by atoms with E-state index in [1.165, 1.54) is 0 Å². The van der Waals surface area contributed by atoms with Crippen LogP contribution in [0, 0.1) is 13.8 Å². The van der Waals surface area contributed by atoms with Gasteiger partial charge in [-0.15, -0.1) is 0 Å². The Morgan fingerprint density at radius 3 is 2.40 bits per heavy atom. The Kier molecular flexibility index (Phi) is 4.56. The van der Waals surface area contributed by atoms with Crippen LogP contribution in [0.1, 0.15) is 11.1 Å². The summed E-state index contributed by atoms with van der Waals surface area (Å²) in [6, 6.07) is 10.6. The molecule has 0 aliphatic heterocycles. The van der Waals surface area contributed by atoms with Gasteiger partial charge in [0.1, 0.15) is 4.90 Å². The molecule has 1 N–H and O–H groups in total. The maximum Gasteiger partial charge on any atom is 0.263 e. The van der Waals surface area contributed by atoms with Crippen molar-refractivity contribution in [2.45, 2.75) is 18.7 Å². The van der Waals surface area contributed by atoms with E-state index >= 15 is 0 Å². The first kappa shape index (κ1) is 15.5. The molecule has 3 nitrogen and oxygen atoms in total. The molecule has 0 spiro atoms. The van der Waals surface area contributed by atoms with Crippen molar-refractivity contribution in [3.05, 3.63) is 56.5 Å². The summed E-state index contributed by atoms with van der Waals surface area (Å²) in [5, 5.41) is 0. The lowest BCUT2D eigenvalue weighted by atomic mass is 10.2. The van der Waals surface area contributed by atoms with E-state index in [1.54, 1.807) is 24.3 Å². The highest BCUT2D eigenvalue weighted by Crippen LogP contribution is 2.30. The van der Waals surface area contributed by atoms with Crippen molar-refractivity contribution in [3.63, 3.8) is 0 Å². The van der Waals surface area contributed by atoms with Crippen molar-refractivity contribution < 1.29 is 8.42 Å². The van der Waals surface area contributed by atoms with Gasteiger partial charge in [0.2, 0.25) is 0 Å². The maximum absolute atomic E-state index is 12.4. The summed E-state index contributed by atoms with van der Waals surface area (Å²) in [5.74, 6) is 0. The number of hydrogen-bond acceptors (Lipinski definition) is 2. The molecule has 106 valence electrons. The molecule has 0 saturated carbocycles. The first-order valence-corrected chi connectivity index (χ1v) is 8.92. The van der Waals surface area contributed by atoms with Gasteiger partial charge in [0.05, 0.1) is 5.69 Å². The number of sulfonamides is 1. The molecule has 2 aromatic carbocycles. The smallest absolute Gasteiger partial charge is 0.263 e. The predicted molar refractivity (Wildman–Crippen MR) is 88.6 cm³/mol. The molecule has 0 saturated heterocycles. The lowest BCUT2D eigenvalue weighted by Gasteiger charge is -2.12. The molecule has 0 bridgehead atoms. The van der Waals surface area contributed by atoms with Crippen molar-refractivity contribution in [2.75, 3.05) is 4.72 Å². The largest absolute Gasteiger partial charge is 0.278 e. The van der Waals surface area contributed by atoms with Crippen LogP contribution >= 0.6 is 31.9 Å². The van der Waals surface area contributed by atoms with E-state index in [0.29, 0.717) is 10.2 Å². The summed E-state index contributed by atoms with van der Waals surface area (Å²) in [6.07, 6.45) is 0. The highest BCUT2D eigenvalue weighted by molar-refractivity contribution is 9.11. The third-order valence-corrected chi connectivity index (χ3v) is 6.21. The summed E-state index contributed by atoms with van der Waals surface area (Å²) < 4.78 is 28.8. The van der Waals surface area contributed by atoms with Gasteiger partial charge in [-0.25, -0.2) is 8.42 Å². The quantitative estimate of drug-likeness (QED) is 0.789. The maximum atomic E-state index is 12.4. The molecule has 0 heterocycles. The highest BCUT2D eigenvalue weighted by Gasteiger charge is 2.19. The monoisotopic (exact) mass is 417 g/mol. The Hall–Kier alpha value is -0.850. The molecule has 0 unspecified atom stereocenters. The highest BCUT2D eigenvalue weighted by atomic mass is 79.9. The van der Waals surface area contributed by atoms with E-state index in [1.807, 2.05) is 26.0 Å². The fraction of sp³-hybridized carbons (Fsp3) is 0.143. The van der Waals surface area contributed by atoms with Crippen LogP contribution in [0.2, 0.25) is 0 Å². The number of hydrogen-bond donors (Lipinski definition) is 1. The van der Waals surface area contributed by atoms with Crippen LogP contribution in [0.25, 0.3) is 0 Å². The number of benzene rings is 2. The van der Waals surface area contributed by atoms with Crippen LogP contribution in [-0.4, -0.2) is 8.42 Å². The minimum atomic E-state index is -3.63. The second-order valence-electron chi connectivity index (χ2n) is 4.48. The Morgan fingerprint density at radius 1 is 1.05 bits per heavy atom. The van der Waals surface area contributed by atoms with Crippen LogP contribution in [0.4, 0.5) is 5.69 Å². The molecule has 2 rings (SSSR count). The molecule has 0 amide bonds. The number of aryl methyl sites for hydroxylation is 2. The van der Waals surface area contributed by atoms with Gasteiger partial charge < -0.3 is 0 Å². The van der Waals surface area contributed by atoms with E-state index < -0.39 is 10.0 Å². The minimum Gasteiger partial charge on any atom is -0.278 e. The van der Waals surface area contributed by atoms with Crippen LogP contribution in [-0.2, 0) is 10.0 Å². The molecule has 0 aromatic heterocycles. The number of rotatable bonds is 3. The van der Waals surface area contributed by atoms with Crippen molar-refractivity contribution in [3.8, 4) is 0 Å². The SMILES string of the molecule is Cc1ccc(S(=O)(=O)Nc2cccc(C)c2Br)c(Br)c1. The number of anilines is 1. The number of nitrogens with one attached hydrogen (secondary N) is 1. The first-order valence-electron chi connectivity index (χ1n) is 5.85. The second-order valence-corrected chi connectivity index (χ2v) is 7.77. The Bertz CT molecular complexity index is 758. The van der Waals surface area contributed by atoms with E-state index in [-0.39, 0.29) is 4.90 Å². The Labute approximate surface area is 135 Å². The van der Waals surface area contributed by atoms with Gasteiger partial charge in [-0.1, -0.05) is 18.2 Å². The Morgan fingerprint density at radius 2 is 1.75 bits per heavy atom. The fourth-order valence-corrected chi connectivity index (χ4v) is 4.51.